The van der Waals surface area contributed by atoms with Gasteiger partial charge in [-0.05, 0) is 51.6 Å². The quantitative estimate of drug-likeness (QED) is 0.691. The standard InChI is InChI=1S/C14H28N3/c1-3-9-16-13(5-1)7-11-15-12-8-14-6-2-4-10-17-14/h13-14,16-17H,1-12H2. The third kappa shape index (κ3) is 5.36. The van der Waals surface area contributed by atoms with E-state index in [4.69, 9.17) is 0 Å². The van der Waals surface area contributed by atoms with Gasteiger partial charge in [0.1, 0.15) is 0 Å². The summed E-state index contributed by atoms with van der Waals surface area (Å²) >= 11 is 0. The highest BCUT2D eigenvalue weighted by Crippen LogP contribution is 2.10. The van der Waals surface area contributed by atoms with Gasteiger partial charge in [-0.15, -0.1) is 0 Å². The molecule has 2 N–H and O–H groups in total. The minimum atomic E-state index is 0.750. The summed E-state index contributed by atoms with van der Waals surface area (Å²) < 4.78 is 0. The number of nitrogens with zero attached hydrogens (tertiary/aromatic N) is 1. The van der Waals surface area contributed by atoms with Gasteiger partial charge >= 0.3 is 0 Å². The third-order valence-electron chi connectivity index (χ3n) is 4.10. The van der Waals surface area contributed by atoms with E-state index >= 15 is 0 Å². The number of hydrogen-bond donors (Lipinski definition) is 2. The summed E-state index contributed by atoms with van der Waals surface area (Å²) in [6.45, 7) is 4.56. The minimum absolute atomic E-state index is 0.750. The first kappa shape index (κ1) is 13.3. The van der Waals surface area contributed by atoms with Gasteiger partial charge in [-0.25, -0.2) is 5.32 Å². The van der Waals surface area contributed by atoms with Crippen LogP contribution in [-0.2, 0) is 0 Å². The fraction of sp³-hybridized carbons (Fsp3) is 1.00. The maximum absolute atomic E-state index is 4.68. The van der Waals surface area contributed by atoms with Crippen LogP contribution in [0.2, 0.25) is 0 Å². The van der Waals surface area contributed by atoms with Gasteiger partial charge in [0, 0.05) is 25.2 Å². The molecule has 0 aromatic carbocycles. The molecule has 2 atom stereocenters. The summed E-state index contributed by atoms with van der Waals surface area (Å²) in [6, 6.07) is 1.50. The first-order valence-corrected chi connectivity index (χ1v) is 7.55. The zero-order chi connectivity index (χ0) is 11.8. The van der Waals surface area contributed by atoms with E-state index in [9.17, 15) is 0 Å². The van der Waals surface area contributed by atoms with Crippen molar-refractivity contribution in [1.29, 1.82) is 0 Å². The van der Waals surface area contributed by atoms with Crippen LogP contribution in [0.3, 0.4) is 0 Å². The molecular formula is C14H28N3. The SMILES string of the molecule is C1CCC(CC[N]CCC2CCCCN2)NC1. The van der Waals surface area contributed by atoms with Gasteiger partial charge in [0.05, 0.1) is 0 Å². The van der Waals surface area contributed by atoms with Crippen molar-refractivity contribution < 1.29 is 0 Å². The minimum Gasteiger partial charge on any atom is -0.314 e. The van der Waals surface area contributed by atoms with E-state index in [1.165, 1.54) is 64.5 Å². The Labute approximate surface area is 106 Å². The Morgan fingerprint density at radius 2 is 1.29 bits per heavy atom. The van der Waals surface area contributed by atoms with Gasteiger partial charge in [-0.2, -0.15) is 0 Å². The lowest BCUT2D eigenvalue weighted by Crippen LogP contribution is -2.37. The largest absolute Gasteiger partial charge is 0.314 e. The molecule has 0 aromatic heterocycles. The number of hydrogen-bond acceptors (Lipinski definition) is 2. The van der Waals surface area contributed by atoms with Gasteiger partial charge < -0.3 is 10.6 Å². The van der Waals surface area contributed by atoms with Crippen molar-refractivity contribution in [3.63, 3.8) is 0 Å². The lowest BCUT2D eigenvalue weighted by atomic mass is 10.0. The normalized spacial score (nSPS) is 30.4. The van der Waals surface area contributed by atoms with Gasteiger partial charge in [0.25, 0.3) is 0 Å². The monoisotopic (exact) mass is 238 g/mol. The highest BCUT2D eigenvalue weighted by molar-refractivity contribution is 4.74. The molecule has 0 aromatic rings. The summed E-state index contributed by atoms with van der Waals surface area (Å²) in [7, 11) is 0. The third-order valence-corrected chi connectivity index (χ3v) is 4.10. The highest BCUT2D eigenvalue weighted by atomic mass is 14.9. The molecule has 3 heteroatoms. The zero-order valence-electron chi connectivity index (χ0n) is 11.1. The van der Waals surface area contributed by atoms with Crippen molar-refractivity contribution in [3.8, 4) is 0 Å². The van der Waals surface area contributed by atoms with Crippen molar-refractivity contribution in [2.24, 2.45) is 0 Å². The molecule has 2 saturated heterocycles. The first-order chi connectivity index (χ1) is 8.45. The van der Waals surface area contributed by atoms with Gasteiger partial charge in [0.2, 0.25) is 0 Å². The summed E-state index contributed by atoms with van der Waals surface area (Å²) in [5.74, 6) is 0. The molecule has 2 unspecified atom stereocenters. The molecule has 0 aliphatic carbocycles. The summed E-state index contributed by atoms with van der Waals surface area (Å²) in [5, 5.41) is 11.9. The molecule has 2 fully saturated rings. The predicted octanol–water partition coefficient (Wildman–Crippen LogP) is 1.66. The maximum Gasteiger partial charge on any atom is 0.0148 e. The second-order valence-corrected chi connectivity index (χ2v) is 5.54. The fourth-order valence-electron chi connectivity index (χ4n) is 2.95. The van der Waals surface area contributed by atoms with E-state index in [2.05, 4.69) is 16.0 Å². The van der Waals surface area contributed by atoms with Crippen molar-refractivity contribution in [1.82, 2.24) is 16.0 Å². The zero-order valence-corrected chi connectivity index (χ0v) is 11.1. The molecule has 2 aliphatic heterocycles. The van der Waals surface area contributed by atoms with Crippen LogP contribution >= 0.6 is 0 Å². The lowest BCUT2D eigenvalue weighted by molar-refractivity contribution is 0.358. The molecule has 0 amide bonds. The number of piperidine rings is 2. The molecule has 0 spiro atoms. The van der Waals surface area contributed by atoms with Crippen LogP contribution in [0.25, 0.3) is 0 Å². The fourth-order valence-corrected chi connectivity index (χ4v) is 2.95. The topological polar surface area (TPSA) is 38.2 Å². The molecule has 3 nitrogen and oxygen atoms in total. The van der Waals surface area contributed by atoms with E-state index < -0.39 is 0 Å². The van der Waals surface area contributed by atoms with Crippen LogP contribution in [0, 0.1) is 0 Å². The lowest BCUT2D eigenvalue weighted by Gasteiger charge is -2.24. The Morgan fingerprint density at radius 1 is 0.765 bits per heavy atom. The molecule has 1 radical (unpaired) electrons. The van der Waals surface area contributed by atoms with Crippen LogP contribution in [-0.4, -0.2) is 38.3 Å². The van der Waals surface area contributed by atoms with Crippen LogP contribution < -0.4 is 16.0 Å². The Morgan fingerprint density at radius 3 is 1.71 bits per heavy atom. The van der Waals surface area contributed by atoms with E-state index in [1.807, 2.05) is 0 Å². The van der Waals surface area contributed by atoms with Gasteiger partial charge in [-0.1, -0.05) is 12.8 Å². The van der Waals surface area contributed by atoms with Crippen molar-refractivity contribution in [2.45, 2.75) is 63.5 Å². The van der Waals surface area contributed by atoms with E-state index in [0.29, 0.717) is 0 Å². The molecule has 2 heterocycles. The Hall–Kier alpha value is -0.120. The highest BCUT2D eigenvalue weighted by Gasteiger charge is 2.13. The molecule has 99 valence electrons. The second kappa shape index (κ2) is 8.06. The smallest absolute Gasteiger partial charge is 0.0148 e. The summed E-state index contributed by atoms with van der Waals surface area (Å²) in [5.41, 5.74) is 0. The van der Waals surface area contributed by atoms with Crippen LogP contribution in [0.5, 0.6) is 0 Å². The molecule has 2 rings (SSSR count). The molecule has 2 aliphatic rings. The van der Waals surface area contributed by atoms with Gasteiger partial charge in [0.15, 0.2) is 0 Å². The summed E-state index contributed by atoms with van der Waals surface area (Å²) in [4.78, 5) is 0. The van der Waals surface area contributed by atoms with Crippen molar-refractivity contribution in [3.05, 3.63) is 0 Å². The van der Waals surface area contributed by atoms with E-state index in [1.54, 1.807) is 0 Å². The molecular weight excluding hydrogens is 210 g/mol. The average Bonchev–Trinajstić information content (AvgIpc) is 2.41. The molecule has 17 heavy (non-hydrogen) atoms. The predicted molar refractivity (Wildman–Crippen MR) is 72.4 cm³/mol. The van der Waals surface area contributed by atoms with Gasteiger partial charge in [-0.3, -0.25) is 0 Å². The van der Waals surface area contributed by atoms with E-state index in [-0.39, 0.29) is 0 Å². The molecule has 0 saturated carbocycles. The summed E-state index contributed by atoms with van der Waals surface area (Å²) in [6.07, 6.45) is 10.8. The first-order valence-electron chi connectivity index (χ1n) is 7.55. The number of nitrogens with one attached hydrogen (secondary N) is 2. The Kier molecular flexibility index (Phi) is 6.32. The Bertz CT molecular complexity index is 164. The van der Waals surface area contributed by atoms with Crippen molar-refractivity contribution in [2.75, 3.05) is 26.2 Å². The van der Waals surface area contributed by atoms with Crippen LogP contribution in [0.1, 0.15) is 51.4 Å². The van der Waals surface area contributed by atoms with Crippen LogP contribution in [0.4, 0.5) is 0 Å². The Balaban J connectivity index is 1.42. The molecule has 0 bridgehead atoms. The van der Waals surface area contributed by atoms with Crippen LogP contribution in [0.15, 0.2) is 0 Å². The average molecular weight is 238 g/mol. The maximum atomic E-state index is 4.68. The number of rotatable bonds is 6. The second-order valence-electron chi connectivity index (χ2n) is 5.54. The van der Waals surface area contributed by atoms with Crippen molar-refractivity contribution >= 4 is 0 Å². The van der Waals surface area contributed by atoms with E-state index in [0.717, 1.165) is 25.2 Å².